The number of benzene rings is 5. The predicted molar refractivity (Wildman–Crippen MR) is 195 cm³/mol. The summed E-state index contributed by atoms with van der Waals surface area (Å²) in [6.45, 7) is 2.30. The summed E-state index contributed by atoms with van der Waals surface area (Å²) < 4.78 is 5.75. The highest BCUT2D eigenvalue weighted by Crippen LogP contribution is 2.37. The molecule has 48 heavy (non-hydrogen) atoms. The first-order chi connectivity index (χ1) is 23.3. The molecule has 5 rings (SSSR count). The van der Waals surface area contributed by atoms with Crippen LogP contribution in [0.2, 0.25) is 10.0 Å². The lowest BCUT2D eigenvalue weighted by atomic mass is 10.1. The first kappa shape index (κ1) is 34.3. The van der Waals surface area contributed by atoms with E-state index in [0.717, 1.165) is 10.5 Å². The number of anilines is 2. The second-order valence-corrected chi connectivity index (χ2v) is 12.4. The quantitative estimate of drug-likeness (QED) is 0.0893. The number of thioether (sulfide) groups is 1. The maximum Gasteiger partial charge on any atom is 0.272 e. The van der Waals surface area contributed by atoms with E-state index in [1.165, 1.54) is 11.8 Å². The fraction of sp³-hybridized carbons (Fsp3) is 0.0789. The van der Waals surface area contributed by atoms with Crippen LogP contribution in [0.1, 0.15) is 33.7 Å². The van der Waals surface area contributed by atoms with Gasteiger partial charge in [0.15, 0.2) is 0 Å². The molecular weight excluding hydrogens is 665 g/mol. The normalized spacial score (nSPS) is 11.7. The zero-order valence-electron chi connectivity index (χ0n) is 25.8. The average Bonchev–Trinajstić information content (AvgIpc) is 3.08. The Balaban J connectivity index is 1.40. The van der Waals surface area contributed by atoms with Gasteiger partial charge in [0.1, 0.15) is 16.7 Å². The molecule has 0 radical (unpaired) electrons. The second-order valence-electron chi connectivity index (χ2n) is 10.4. The molecule has 242 valence electrons. The number of ether oxygens (including phenoxy) is 1. The number of carbonyl (C=O) groups excluding carboxylic acids is 3. The van der Waals surface area contributed by atoms with Gasteiger partial charge in [-0.05, 0) is 73.2 Å². The third-order valence-electron chi connectivity index (χ3n) is 6.86. The van der Waals surface area contributed by atoms with Gasteiger partial charge >= 0.3 is 0 Å². The van der Waals surface area contributed by atoms with Gasteiger partial charge in [-0.3, -0.25) is 14.4 Å². The monoisotopic (exact) mass is 695 g/mol. The Morgan fingerprint density at radius 2 is 1.42 bits per heavy atom. The van der Waals surface area contributed by atoms with Gasteiger partial charge in [-0.2, -0.15) is 0 Å². The van der Waals surface area contributed by atoms with E-state index in [0.29, 0.717) is 44.9 Å². The van der Waals surface area contributed by atoms with Gasteiger partial charge in [0.25, 0.3) is 11.8 Å². The predicted octanol–water partition coefficient (Wildman–Crippen LogP) is 9.27. The Hall–Kier alpha value is -5.02. The van der Waals surface area contributed by atoms with Gasteiger partial charge in [0.2, 0.25) is 5.91 Å². The molecule has 3 N–H and O–H groups in total. The minimum absolute atomic E-state index is 0.0239. The van der Waals surface area contributed by atoms with E-state index in [1.54, 1.807) is 78.9 Å². The molecule has 0 aliphatic rings. The first-order valence-corrected chi connectivity index (χ1v) is 16.6. The third-order valence-corrected chi connectivity index (χ3v) is 8.55. The third kappa shape index (κ3) is 9.51. The van der Waals surface area contributed by atoms with E-state index in [9.17, 15) is 14.4 Å². The molecule has 0 heterocycles. The Morgan fingerprint density at radius 3 is 2.12 bits per heavy atom. The van der Waals surface area contributed by atoms with E-state index in [4.69, 9.17) is 27.9 Å². The van der Waals surface area contributed by atoms with Crippen molar-refractivity contribution in [3.63, 3.8) is 0 Å². The van der Waals surface area contributed by atoms with Crippen LogP contribution in [0, 0.1) is 0 Å². The van der Waals surface area contributed by atoms with E-state index < -0.39 is 17.1 Å². The average molecular weight is 697 g/mol. The summed E-state index contributed by atoms with van der Waals surface area (Å²) in [6.07, 6.45) is 1.58. The van der Waals surface area contributed by atoms with Crippen LogP contribution >= 0.6 is 35.0 Å². The molecule has 7 nitrogen and oxygen atoms in total. The molecule has 3 amide bonds. The Kier molecular flexibility index (Phi) is 11.9. The standard InChI is InChI=1S/C38H31Cl2N3O4S/c1-2-47-34-19-10-9-16-27(34)20-33(43-36(44)26-14-7-4-8-15-26)37(45)41-30-17-11-18-32(24-30)48-35(25-12-5-3-6-13-25)38(46)42-31-22-28(39)21-29(40)23-31/h3-24,35H,2H2,1H3,(H,41,45)(H,42,46)(H,43,44)/b33-20+. The molecule has 0 spiro atoms. The number of para-hydroxylation sites is 1. The highest BCUT2D eigenvalue weighted by Gasteiger charge is 2.23. The largest absolute Gasteiger partial charge is 0.493 e. The van der Waals surface area contributed by atoms with Crippen LogP contribution in [-0.4, -0.2) is 24.3 Å². The highest BCUT2D eigenvalue weighted by atomic mass is 35.5. The fourth-order valence-corrected chi connectivity index (χ4v) is 6.31. The molecule has 0 fully saturated rings. The van der Waals surface area contributed by atoms with E-state index in [-0.39, 0.29) is 11.6 Å². The fourth-order valence-electron chi connectivity index (χ4n) is 4.70. The number of amides is 3. The molecule has 0 aromatic heterocycles. The van der Waals surface area contributed by atoms with Crippen molar-refractivity contribution < 1.29 is 19.1 Å². The maximum absolute atomic E-state index is 13.7. The van der Waals surface area contributed by atoms with Crippen molar-refractivity contribution >= 4 is 70.1 Å². The van der Waals surface area contributed by atoms with Crippen molar-refractivity contribution in [3.8, 4) is 5.75 Å². The van der Waals surface area contributed by atoms with Crippen LogP contribution in [0.25, 0.3) is 6.08 Å². The van der Waals surface area contributed by atoms with Gasteiger partial charge in [-0.1, -0.05) is 96.0 Å². The van der Waals surface area contributed by atoms with Crippen molar-refractivity contribution in [2.45, 2.75) is 17.1 Å². The Morgan fingerprint density at radius 1 is 0.750 bits per heavy atom. The van der Waals surface area contributed by atoms with Gasteiger partial charge < -0.3 is 20.7 Å². The summed E-state index contributed by atoms with van der Waals surface area (Å²) >= 11 is 13.6. The topological polar surface area (TPSA) is 96.5 Å². The second kappa shape index (κ2) is 16.7. The summed E-state index contributed by atoms with van der Waals surface area (Å²) in [5.41, 5.74) is 2.78. The van der Waals surface area contributed by atoms with Gasteiger partial charge in [-0.15, -0.1) is 11.8 Å². The summed E-state index contributed by atoms with van der Waals surface area (Å²) in [5, 5.41) is 8.74. The molecule has 10 heteroatoms. The molecule has 1 atom stereocenters. The molecule has 0 saturated carbocycles. The molecule has 0 aliphatic carbocycles. The molecule has 5 aromatic carbocycles. The van der Waals surface area contributed by atoms with Crippen LogP contribution < -0.4 is 20.7 Å². The van der Waals surface area contributed by atoms with Gasteiger partial charge in [0.05, 0.1) is 6.61 Å². The van der Waals surface area contributed by atoms with Crippen molar-refractivity contribution in [2.75, 3.05) is 17.2 Å². The van der Waals surface area contributed by atoms with Crippen molar-refractivity contribution in [3.05, 3.63) is 160 Å². The number of halogens is 2. The molecular formula is C38H31Cl2N3O4S. The van der Waals surface area contributed by atoms with E-state index in [1.807, 2.05) is 61.5 Å². The molecule has 5 aromatic rings. The SMILES string of the molecule is CCOc1ccccc1/C=C(/NC(=O)c1ccccc1)C(=O)Nc1cccc(SC(C(=O)Nc2cc(Cl)cc(Cl)c2)c2ccccc2)c1. The number of rotatable bonds is 12. The van der Waals surface area contributed by atoms with E-state index in [2.05, 4.69) is 16.0 Å². The maximum atomic E-state index is 13.7. The van der Waals surface area contributed by atoms with Crippen LogP contribution in [0.15, 0.2) is 138 Å². The van der Waals surface area contributed by atoms with Crippen LogP contribution in [0.4, 0.5) is 11.4 Å². The lowest BCUT2D eigenvalue weighted by molar-refractivity contribution is -0.116. The summed E-state index contributed by atoms with van der Waals surface area (Å²) in [5.74, 6) is -0.681. The van der Waals surface area contributed by atoms with Crippen LogP contribution in [-0.2, 0) is 9.59 Å². The summed E-state index contributed by atoms with van der Waals surface area (Å²) in [6, 6.07) is 37.2. The molecule has 0 aliphatic heterocycles. The van der Waals surface area contributed by atoms with E-state index >= 15 is 0 Å². The number of hydrogen-bond donors (Lipinski definition) is 3. The van der Waals surface area contributed by atoms with Crippen molar-refractivity contribution in [2.24, 2.45) is 0 Å². The van der Waals surface area contributed by atoms with Crippen LogP contribution in [0.3, 0.4) is 0 Å². The highest BCUT2D eigenvalue weighted by molar-refractivity contribution is 8.00. The first-order valence-electron chi connectivity index (χ1n) is 15.0. The zero-order valence-corrected chi connectivity index (χ0v) is 28.1. The lowest BCUT2D eigenvalue weighted by Crippen LogP contribution is -2.30. The lowest BCUT2D eigenvalue weighted by Gasteiger charge is -2.18. The minimum Gasteiger partial charge on any atom is -0.493 e. The number of hydrogen-bond acceptors (Lipinski definition) is 5. The summed E-state index contributed by atoms with van der Waals surface area (Å²) in [4.78, 5) is 41.2. The molecule has 0 bridgehead atoms. The zero-order chi connectivity index (χ0) is 33.9. The minimum atomic E-state index is -0.648. The Labute approximate surface area is 293 Å². The van der Waals surface area contributed by atoms with Gasteiger partial charge in [-0.25, -0.2) is 0 Å². The van der Waals surface area contributed by atoms with Crippen molar-refractivity contribution in [1.29, 1.82) is 0 Å². The number of carbonyl (C=O) groups is 3. The van der Waals surface area contributed by atoms with Gasteiger partial charge in [0, 0.05) is 37.4 Å². The summed E-state index contributed by atoms with van der Waals surface area (Å²) in [7, 11) is 0. The van der Waals surface area contributed by atoms with Crippen molar-refractivity contribution in [1.82, 2.24) is 5.32 Å². The molecule has 1 unspecified atom stereocenters. The smallest absolute Gasteiger partial charge is 0.272 e. The van der Waals surface area contributed by atoms with Crippen LogP contribution in [0.5, 0.6) is 5.75 Å². The Bertz CT molecular complexity index is 1920. The number of nitrogens with one attached hydrogen (secondary N) is 3. The molecule has 0 saturated heterocycles.